The van der Waals surface area contributed by atoms with Crippen LogP contribution in [0.25, 0.3) is 0 Å². The van der Waals surface area contributed by atoms with Crippen molar-refractivity contribution in [1.82, 2.24) is 16.0 Å². The van der Waals surface area contributed by atoms with Gasteiger partial charge in [0.25, 0.3) is 0 Å². The third-order valence-electron chi connectivity index (χ3n) is 3.77. The van der Waals surface area contributed by atoms with E-state index in [4.69, 9.17) is 20.3 Å². The first kappa shape index (κ1) is 27.3. The number of carbonyl (C=O) groups is 5. The van der Waals surface area contributed by atoms with Crippen LogP contribution in [-0.4, -0.2) is 79.8 Å². The smallest absolute Gasteiger partial charge is 0.326 e. The van der Waals surface area contributed by atoms with E-state index in [1.54, 1.807) is 0 Å². The van der Waals surface area contributed by atoms with Gasteiger partial charge in [-0.1, -0.05) is 13.3 Å². The molecule has 0 bridgehead atoms. The van der Waals surface area contributed by atoms with Crippen LogP contribution in [0.15, 0.2) is 0 Å². The number of amides is 4. The number of carboxylic acids is 1. The summed E-state index contributed by atoms with van der Waals surface area (Å²) < 4.78 is 10.4. The molecular formula is C18H32N4O8. The first-order valence-corrected chi connectivity index (χ1v) is 9.68. The van der Waals surface area contributed by atoms with Crippen molar-refractivity contribution in [1.29, 1.82) is 0 Å². The molecular weight excluding hydrogens is 400 g/mol. The van der Waals surface area contributed by atoms with Gasteiger partial charge in [-0.15, -0.1) is 0 Å². The number of hydrogen-bond donors (Lipinski definition) is 5. The Bertz CT molecular complexity index is 585. The van der Waals surface area contributed by atoms with E-state index in [1.807, 2.05) is 6.92 Å². The number of carbonyl (C=O) groups excluding carboxylic acids is 4. The quantitative estimate of drug-likeness (QED) is 0.168. The Morgan fingerprint density at radius 3 is 2.17 bits per heavy atom. The van der Waals surface area contributed by atoms with Crippen molar-refractivity contribution < 1.29 is 38.6 Å². The summed E-state index contributed by atoms with van der Waals surface area (Å²) in [5.41, 5.74) is 5.19. The van der Waals surface area contributed by atoms with Crippen molar-refractivity contribution >= 4 is 29.6 Å². The fourth-order valence-corrected chi connectivity index (χ4v) is 2.32. The standard InChI is InChI=1S/C18H32N4O8/c1-3-4-13(17(19)26)22-16(25)11-30-10-9-29-8-7-20-15(24)6-5-14(18(27)28)21-12(2)23/h13-14H,3-11H2,1-2H3,(H2,19,26)(H,20,24)(H,21,23)(H,22,25)(H,27,28). The number of carboxylic acid groups (broad SMARTS) is 1. The van der Waals surface area contributed by atoms with E-state index in [0.717, 1.165) is 0 Å². The van der Waals surface area contributed by atoms with Crippen molar-refractivity contribution in [3.63, 3.8) is 0 Å². The van der Waals surface area contributed by atoms with Crippen LogP contribution < -0.4 is 21.7 Å². The van der Waals surface area contributed by atoms with Crippen LogP contribution in [0, 0.1) is 0 Å². The van der Waals surface area contributed by atoms with Gasteiger partial charge in [-0.25, -0.2) is 4.79 Å². The zero-order chi connectivity index (χ0) is 22.9. The van der Waals surface area contributed by atoms with E-state index < -0.39 is 35.8 Å². The highest BCUT2D eigenvalue weighted by atomic mass is 16.5. The summed E-state index contributed by atoms with van der Waals surface area (Å²) in [7, 11) is 0. The van der Waals surface area contributed by atoms with Crippen LogP contribution in [0.3, 0.4) is 0 Å². The first-order chi connectivity index (χ1) is 14.2. The van der Waals surface area contributed by atoms with E-state index in [1.165, 1.54) is 6.92 Å². The van der Waals surface area contributed by atoms with Gasteiger partial charge in [-0.2, -0.15) is 0 Å². The largest absolute Gasteiger partial charge is 0.480 e. The number of primary amides is 1. The van der Waals surface area contributed by atoms with E-state index >= 15 is 0 Å². The molecule has 2 atom stereocenters. The fraction of sp³-hybridized carbons (Fsp3) is 0.722. The molecule has 172 valence electrons. The van der Waals surface area contributed by atoms with E-state index in [0.29, 0.717) is 12.8 Å². The molecule has 0 aromatic rings. The maximum absolute atomic E-state index is 11.7. The topological polar surface area (TPSA) is 186 Å². The molecule has 12 heteroatoms. The van der Waals surface area contributed by atoms with E-state index in [9.17, 15) is 24.0 Å². The Kier molecular flexibility index (Phi) is 14.6. The normalized spacial score (nSPS) is 12.5. The van der Waals surface area contributed by atoms with Gasteiger partial charge in [-0.3, -0.25) is 19.2 Å². The van der Waals surface area contributed by atoms with E-state index in [-0.39, 0.29) is 51.7 Å². The highest BCUT2D eigenvalue weighted by Crippen LogP contribution is 1.98. The summed E-state index contributed by atoms with van der Waals surface area (Å²) in [4.78, 5) is 56.4. The van der Waals surface area contributed by atoms with E-state index in [2.05, 4.69) is 16.0 Å². The molecule has 12 nitrogen and oxygen atoms in total. The Hall–Kier alpha value is -2.73. The van der Waals surface area contributed by atoms with Gasteiger partial charge in [0.2, 0.25) is 23.6 Å². The SMILES string of the molecule is CCCC(NC(=O)COCCOCCNC(=O)CCC(NC(C)=O)C(=O)O)C(N)=O. The van der Waals surface area contributed by atoms with Crippen LogP contribution in [0.4, 0.5) is 0 Å². The zero-order valence-electron chi connectivity index (χ0n) is 17.4. The predicted octanol–water partition coefficient (Wildman–Crippen LogP) is -1.72. The minimum Gasteiger partial charge on any atom is -0.480 e. The minimum absolute atomic E-state index is 0.0215. The van der Waals surface area contributed by atoms with Crippen molar-refractivity contribution in [3.8, 4) is 0 Å². The summed E-state index contributed by atoms with van der Waals surface area (Å²) >= 11 is 0. The van der Waals surface area contributed by atoms with Crippen LogP contribution in [-0.2, 0) is 33.4 Å². The molecule has 0 aliphatic rings. The molecule has 30 heavy (non-hydrogen) atoms. The third kappa shape index (κ3) is 14.3. The number of nitrogens with two attached hydrogens (primary N) is 1. The second-order valence-corrected chi connectivity index (χ2v) is 6.46. The number of ether oxygens (including phenoxy) is 2. The number of nitrogens with one attached hydrogen (secondary N) is 3. The zero-order valence-corrected chi connectivity index (χ0v) is 17.4. The second-order valence-electron chi connectivity index (χ2n) is 6.46. The Labute approximate surface area is 175 Å². The highest BCUT2D eigenvalue weighted by molar-refractivity contribution is 5.87. The van der Waals surface area contributed by atoms with Crippen molar-refractivity contribution in [2.24, 2.45) is 5.73 Å². The summed E-state index contributed by atoms with van der Waals surface area (Å²) in [5, 5.41) is 16.3. The molecule has 0 saturated heterocycles. The predicted molar refractivity (Wildman–Crippen MR) is 105 cm³/mol. The molecule has 0 saturated carbocycles. The molecule has 2 unspecified atom stereocenters. The molecule has 0 aromatic carbocycles. The third-order valence-corrected chi connectivity index (χ3v) is 3.77. The molecule has 0 aliphatic heterocycles. The molecule has 4 amide bonds. The monoisotopic (exact) mass is 432 g/mol. The Balaban J connectivity index is 3.76. The van der Waals surface area contributed by atoms with Crippen molar-refractivity contribution in [2.75, 3.05) is 33.0 Å². The molecule has 0 fully saturated rings. The van der Waals surface area contributed by atoms with Gasteiger partial charge in [0.1, 0.15) is 18.7 Å². The molecule has 6 N–H and O–H groups in total. The van der Waals surface area contributed by atoms with Crippen LogP contribution in [0.5, 0.6) is 0 Å². The lowest BCUT2D eigenvalue weighted by atomic mass is 10.1. The second kappa shape index (κ2) is 16.1. The number of rotatable bonds is 17. The summed E-state index contributed by atoms with van der Waals surface area (Å²) in [6.07, 6.45) is 1.08. The Morgan fingerprint density at radius 2 is 1.60 bits per heavy atom. The molecule has 0 aromatic heterocycles. The summed E-state index contributed by atoms with van der Waals surface area (Å²) in [5.74, 6) is -3.09. The van der Waals surface area contributed by atoms with Crippen LogP contribution >= 0.6 is 0 Å². The molecule has 0 spiro atoms. The van der Waals surface area contributed by atoms with Crippen LogP contribution in [0.1, 0.15) is 39.5 Å². The molecule has 0 rings (SSSR count). The Morgan fingerprint density at radius 1 is 0.933 bits per heavy atom. The van der Waals surface area contributed by atoms with Gasteiger partial charge in [-0.05, 0) is 12.8 Å². The lowest BCUT2D eigenvalue weighted by molar-refractivity contribution is -0.141. The van der Waals surface area contributed by atoms with Gasteiger partial charge in [0, 0.05) is 19.9 Å². The van der Waals surface area contributed by atoms with Gasteiger partial charge in [0.15, 0.2) is 0 Å². The van der Waals surface area contributed by atoms with Gasteiger partial charge < -0.3 is 36.3 Å². The summed E-state index contributed by atoms with van der Waals surface area (Å²) in [6.45, 7) is 3.61. The maximum atomic E-state index is 11.7. The lowest BCUT2D eigenvalue weighted by Gasteiger charge is -2.14. The molecule has 0 radical (unpaired) electrons. The van der Waals surface area contributed by atoms with Crippen molar-refractivity contribution in [3.05, 3.63) is 0 Å². The van der Waals surface area contributed by atoms with Crippen molar-refractivity contribution in [2.45, 2.75) is 51.6 Å². The summed E-state index contributed by atoms with van der Waals surface area (Å²) in [6, 6.07) is -1.82. The average Bonchev–Trinajstić information content (AvgIpc) is 2.66. The maximum Gasteiger partial charge on any atom is 0.326 e. The minimum atomic E-state index is -1.20. The number of hydrogen-bond acceptors (Lipinski definition) is 7. The number of aliphatic carboxylic acids is 1. The average molecular weight is 432 g/mol. The fourth-order valence-electron chi connectivity index (χ4n) is 2.32. The van der Waals surface area contributed by atoms with Gasteiger partial charge >= 0.3 is 5.97 Å². The highest BCUT2D eigenvalue weighted by Gasteiger charge is 2.19. The molecule has 0 heterocycles. The van der Waals surface area contributed by atoms with Gasteiger partial charge in [0.05, 0.1) is 19.8 Å². The van der Waals surface area contributed by atoms with Crippen LogP contribution in [0.2, 0.25) is 0 Å². The lowest BCUT2D eigenvalue weighted by Crippen LogP contribution is -2.45. The molecule has 0 aliphatic carbocycles. The first-order valence-electron chi connectivity index (χ1n) is 9.68.